The van der Waals surface area contributed by atoms with Gasteiger partial charge in [0, 0.05) is 10.4 Å². The van der Waals surface area contributed by atoms with Crippen molar-refractivity contribution in [2.75, 3.05) is 12.5 Å². The van der Waals surface area contributed by atoms with Crippen molar-refractivity contribution < 1.29 is 4.74 Å². The summed E-state index contributed by atoms with van der Waals surface area (Å²) >= 11 is 9.13. The van der Waals surface area contributed by atoms with Crippen molar-refractivity contribution in [1.29, 1.82) is 0 Å². The van der Waals surface area contributed by atoms with Gasteiger partial charge in [0.1, 0.15) is 12.4 Å². The molecular weight excluding hydrogens is 275 g/mol. The minimum absolute atomic E-state index is 0.439. The number of halogens is 2. The number of benzene rings is 1. The normalized spacial score (nSPS) is 10.1. The van der Waals surface area contributed by atoms with E-state index in [1.165, 1.54) is 11.1 Å². The van der Waals surface area contributed by atoms with Crippen LogP contribution in [0.25, 0.3) is 0 Å². The van der Waals surface area contributed by atoms with E-state index in [4.69, 9.17) is 16.3 Å². The van der Waals surface area contributed by atoms with Crippen LogP contribution in [-0.4, -0.2) is 12.5 Å². The lowest BCUT2D eigenvalue weighted by atomic mass is 10.1. The fraction of sp³-hybridized carbons (Fsp3) is 0.333. The van der Waals surface area contributed by atoms with Crippen LogP contribution < -0.4 is 4.74 Å². The Morgan fingerprint density at radius 1 is 1.40 bits per heavy atom. The van der Waals surface area contributed by atoms with Crippen molar-refractivity contribution in [1.82, 2.24) is 0 Å². The van der Waals surface area contributed by atoms with Gasteiger partial charge >= 0.3 is 0 Å². The zero-order valence-corrected chi connectivity index (χ0v) is 11.3. The third-order valence-corrected chi connectivity index (χ3v) is 3.67. The monoisotopic (exact) mass is 288 g/mol. The number of hydrogen-bond donors (Lipinski definition) is 0. The summed E-state index contributed by atoms with van der Waals surface area (Å²) in [6.07, 6.45) is 0. The van der Waals surface area contributed by atoms with E-state index in [0.29, 0.717) is 12.5 Å². The van der Waals surface area contributed by atoms with Crippen molar-refractivity contribution in [3.05, 3.63) is 39.9 Å². The highest BCUT2D eigenvalue weighted by molar-refractivity contribution is 9.10. The second kappa shape index (κ2) is 5.57. The van der Waals surface area contributed by atoms with Gasteiger partial charge in [0.25, 0.3) is 0 Å². The molecule has 0 aromatic heterocycles. The molecule has 0 atom stereocenters. The summed E-state index contributed by atoms with van der Waals surface area (Å²) in [5.74, 6) is 1.30. The molecule has 15 heavy (non-hydrogen) atoms. The Morgan fingerprint density at radius 3 is 2.40 bits per heavy atom. The molecule has 0 unspecified atom stereocenters. The van der Waals surface area contributed by atoms with Gasteiger partial charge in [-0.05, 0) is 42.7 Å². The molecule has 82 valence electrons. The largest absolute Gasteiger partial charge is 0.489 e. The summed E-state index contributed by atoms with van der Waals surface area (Å²) in [5, 5.41) is 0. The first-order valence-electron chi connectivity index (χ1n) is 4.66. The molecule has 0 aliphatic carbocycles. The SMILES string of the molecule is C=C(CCl)COc1cc(C)c(Br)c(C)c1. The summed E-state index contributed by atoms with van der Waals surface area (Å²) in [4.78, 5) is 0. The number of alkyl halides is 1. The van der Waals surface area contributed by atoms with Crippen molar-refractivity contribution in [3.63, 3.8) is 0 Å². The minimum Gasteiger partial charge on any atom is -0.489 e. The van der Waals surface area contributed by atoms with Crippen LogP contribution in [0.1, 0.15) is 11.1 Å². The molecule has 0 saturated heterocycles. The summed E-state index contributed by atoms with van der Waals surface area (Å²) in [5.41, 5.74) is 3.22. The zero-order valence-electron chi connectivity index (χ0n) is 8.94. The molecule has 0 fully saturated rings. The third kappa shape index (κ3) is 3.54. The number of rotatable bonds is 4. The predicted molar refractivity (Wildman–Crippen MR) is 69.0 cm³/mol. The molecule has 0 saturated carbocycles. The zero-order chi connectivity index (χ0) is 11.4. The first-order valence-corrected chi connectivity index (χ1v) is 5.99. The predicted octanol–water partition coefficient (Wildman–Crippen LogP) is 4.24. The van der Waals surface area contributed by atoms with Crippen LogP contribution in [0.15, 0.2) is 28.8 Å². The maximum atomic E-state index is 5.62. The summed E-state index contributed by atoms with van der Waals surface area (Å²) in [7, 11) is 0. The highest BCUT2D eigenvalue weighted by Crippen LogP contribution is 2.26. The van der Waals surface area contributed by atoms with Gasteiger partial charge in [0.15, 0.2) is 0 Å². The topological polar surface area (TPSA) is 9.23 Å². The van der Waals surface area contributed by atoms with E-state index >= 15 is 0 Å². The van der Waals surface area contributed by atoms with Gasteiger partial charge < -0.3 is 4.74 Å². The number of hydrogen-bond acceptors (Lipinski definition) is 1. The van der Waals surface area contributed by atoms with Crippen LogP contribution in [0, 0.1) is 13.8 Å². The van der Waals surface area contributed by atoms with Gasteiger partial charge in [0.2, 0.25) is 0 Å². The molecule has 0 aliphatic rings. The third-order valence-electron chi connectivity index (χ3n) is 2.04. The second-order valence-electron chi connectivity index (χ2n) is 3.54. The molecule has 1 aromatic rings. The Kier molecular flexibility index (Phi) is 4.68. The molecule has 0 heterocycles. The molecule has 3 heteroatoms. The average molecular weight is 290 g/mol. The highest BCUT2D eigenvalue weighted by atomic mass is 79.9. The summed E-state index contributed by atoms with van der Waals surface area (Å²) in [6.45, 7) is 8.34. The van der Waals surface area contributed by atoms with Gasteiger partial charge in [-0.25, -0.2) is 0 Å². The Balaban J connectivity index is 2.75. The van der Waals surface area contributed by atoms with Gasteiger partial charge in [-0.3, -0.25) is 0 Å². The minimum atomic E-state index is 0.439. The van der Waals surface area contributed by atoms with Crippen molar-refractivity contribution in [2.24, 2.45) is 0 Å². The Labute approximate surface area is 104 Å². The molecular formula is C12H14BrClO. The van der Waals surface area contributed by atoms with E-state index < -0.39 is 0 Å². The quantitative estimate of drug-likeness (QED) is 0.595. The first-order chi connectivity index (χ1) is 7.04. The van der Waals surface area contributed by atoms with Crippen LogP contribution in [-0.2, 0) is 0 Å². The summed E-state index contributed by atoms with van der Waals surface area (Å²) in [6, 6.07) is 4.00. The van der Waals surface area contributed by atoms with Crippen LogP contribution in [0.3, 0.4) is 0 Å². The smallest absolute Gasteiger partial charge is 0.120 e. The summed E-state index contributed by atoms with van der Waals surface area (Å²) < 4.78 is 6.70. The van der Waals surface area contributed by atoms with Crippen molar-refractivity contribution in [2.45, 2.75) is 13.8 Å². The maximum Gasteiger partial charge on any atom is 0.120 e. The fourth-order valence-corrected chi connectivity index (χ4v) is 1.52. The molecule has 0 aliphatic heterocycles. The Hall–Kier alpha value is -0.470. The van der Waals surface area contributed by atoms with Crippen LogP contribution in [0.4, 0.5) is 0 Å². The second-order valence-corrected chi connectivity index (χ2v) is 4.60. The Morgan fingerprint density at radius 2 is 1.93 bits per heavy atom. The number of ether oxygens (including phenoxy) is 1. The first kappa shape index (κ1) is 12.6. The van der Waals surface area contributed by atoms with Crippen LogP contribution in [0.2, 0.25) is 0 Å². The average Bonchev–Trinajstić information content (AvgIpc) is 2.22. The molecule has 1 aromatic carbocycles. The van der Waals surface area contributed by atoms with Crippen LogP contribution >= 0.6 is 27.5 Å². The van der Waals surface area contributed by atoms with Crippen molar-refractivity contribution in [3.8, 4) is 5.75 Å². The molecule has 0 N–H and O–H groups in total. The molecule has 0 amide bonds. The lowest BCUT2D eigenvalue weighted by Gasteiger charge is -2.10. The van der Waals surface area contributed by atoms with Crippen LogP contribution in [0.5, 0.6) is 5.75 Å². The van der Waals surface area contributed by atoms with E-state index in [-0.39, 0.29) is 0 Å². The highest BCUT2D eigenvalue weighted by Gasteiger charge is 2.03. The number of aryl methyl sites for hydroxylation is 2. The van der Waals surface area contributed by atoms with Gasteiger partial charge in [0.05, 0.1) is 0 Å². The molecule has 1 rings (SSSR count). The van der Waals surface area contributed by atoms with E-state index in [1.54, 1.807) is 0 Å². The maximum absolute atomic E-state index is 5.62. The van der Waals surface area contributed by atoms with Crippen molar-refractivity contribution >= 4 is 27.5 Å². The van der Waals surface area contributed by atoms with Gasteiger partial charge in [-0.2, -0.15) is 0 Å². The van der Waals surface area contributed by atoms with Gasteiger partial charge in [-0.1, -0.05) is 22.5 Å². The Bertz CT molecular complexity index is 351. The van der Waals surface area contributed by atoms with E-state index in [0.717, 1.165) is 15.8 Å². The molecule has 0 spiro atoms. The molecule has 1 nitrogen and oxygen atoms in total. The lowest BCUT2D eigenvalue weighted by Crippen LogP contribution is -2.01. The van der Waals surface area contributed by atoms with E-state index in [1.807, 2.05) is 26.0 Å². The lowest BCUT2D eigenvalue weighted by molar-refractivity contribution is 0.352. The molecule has 0 radical (unpaired) electrons. The van der Waals surface area contributed by atoms with E-state index in [9.17, 15) is 0 Å². The standard InChI is InChI=1S/C12H14BrClO/c1-8(6-14)7-15-11-4-9(2)12(13)10(3)5-11/h4-5H,1,6-7H2,2-3H3. The van der Waals surface area contributed by atoms with Gasteiger partial charge in [-0.15, -0.1) is 11.6 Å². The fourth-order valence-electron chi connectivity index (χ4n) is 1.21. The van der Waals surface area contributed by atoms with E-state index in [2.05, 4.69) is 22.5 Å². The molecule has 0 bridgehead atoms.